The summed E-state index contributed by atoms with van der Waals surface area (Å²) >= 11 is 0. The number of unbranched alkanes of at least 4 members (excludes halogenated alkanes) is 4. The van der Waals surface area contributed by atoms with Gasteiger partial charge in [0.15, 0.2) is 0 Å². The fourth-order valence-electron chi connectivity index (χ4n) is 6.79. The molecule has 0 aromatic rings. The smallest absolute Gasteiger partial charge is 0.0655 e. The van der Waals surface area contributed by atoms with Crippen LogP contribution in [0.3, 0.4) is 0 Å². The van der Waals surface area contributed by atoms with Crippen LogP contribution in [0.4, 0.5) is 0 Å². The molecular formula is C26H45N. The van der Waals surface area contributed by atoms with E-state index < -0.39 is 0 Å². The zero-order chi connectivity index (χ0) is 18.9. The topological polar surface area (TPSA) is 23.8 Å². The van der Waals surface area contributed by atoms with Crippen molar-refractivity contribution in [1.82, 2.24) is 0 Å². The third-order valence-electron chi connectivity index (χ3n) is 8.71. The monoisotopic (exact) mass is 371 g/mol. The molecule has 3 aliphatic carbocycles. The Hall–Kier alpha value is -0.510. The van der Waals surface area contributed by atoms with Gasteiger partial charge in [-0.25, -0.2) is 0 Å². The Morgan fingerprint density at radius 3 is 1.52 bits per heavy atom. The van der Waals surface area contributed by atoms with E-state index in [9.17, 15) is 0 Å². The van der Waals surface area contributed by atoms with E-state index in [1.165, 1.54) is 103 Å². The van der Waals surface area contributed by atoms with Crippen LogP contribution in [0.1, 0.15) is 122 Å². The Labute approximate surface area is 169 Å². The van der Waals surface area contributed by atoms with Gasteiger partial charge in [-0.2, -0.15) is 5.26 Å². The van der Waals surface area contributed by atoms with Crippen LogP contribution in [-0.4, -0.2) is 0 Å². The fourth-order valence-corrected chi connectivity index (χ4v) is 6.79. The minimum Gasteiger partial charge on any atom is -0.198 e. The molecule has 0 spiro atoms. The van der Waals surface area contributed by atoms with Crippen LogP contribution in [-0.2, 0) is 0 Å². The molecule has 3 saturated carbocycles. The van der Waals surface area contributed by atoms with E-state index >= 15 is 0 Å². The number of hydrogen-bond acceptors (Lipinski definition) is 1. The maximum absolute atomic E-state index is 9.12. The molecule has 1 heteroatoms. The highest BCUT2D eigenvalue weighted by Gasteiger charge is 2.34. The second kappa shape index (κ2) is 11.5. The predicted octanol–water partition coefficient (Wildman–Crippen LogP) is 8.29. The molecule has 3 rings (SSSR count). The highest BCUT2D eigenvalue weighted by molar-refractivity contribution is 4.90. The van der Waals surface area contributed by atoms with Crippen molar-refractivity contribution < 1.29 is 0 Å². The summed E-state index contributed by atoms with van der Waals surface area (Å²) in [5, 5.41) is 9.12. The largest absolute Gasteiger partial charge is 0.198 e. The highest BCUT2D eigenvalue weighted by Crippen LogP contribution is 2.46. The van der Waals surface area contributed by atoms with Crippen LogP contribution in [0.25, 0.3) is 0 Å². The lowest BCUT2D eigenvalue weighted by Crippen LogP contribution is -2.29. The minimum absolute atomic E-state index is 0.374. The van der Waals surface area contributed by atoms with Crippen molar-refractivity contribution in [2.45, 2.75) is 122 Å². The summed E-state index contributed by atoms with van der Waals surface area (Å²) in [6, 6.07) is 2.50. The van der Waals surface area contributed by atoms with Gasteiger partial charge in [-0.3, -0.25) is 0 Å². The summed E-state index contributed by atoms with van der Waals surface area (Å²) in [5.74, 6) is 5.52. The molecule has 0 aromatic carbocycles. The minimum atomic E-state index is 0.374. The normalized spacial score (nSPS) is 37.6. The van der Waals surface area contributed by atoms with Crippen molar-refractivity contribution in [1.29, 1.82) is 5.26 Å². The standard InChI is InChI=1S/C26H45N/c1-2-3-4-5-6-7-21-8-12-23(13-9-21)25-16-18-26(19-17-25)24-14-10-22(20-27)11-15-24/h21-26H,2-19H2,1H3/t21-,22-,23-,24+,25-,26-. The maximum Gasteiger partial charge on any atom is 0.0655 e. The van der Waals surface area contributed by atoms with Gasteiger partial charge in [0.1, 0.15) is 0 Å². The van der Waals surface area contributed by atoms with Gasteiger partial charge in [-0.1, -0.05) is 58.3 Å². The summed E-state index contributed by atoms with van der Waals surface area (Å²) in [5.41, 5.74) is 0. The van der Waals surface area contributed by atoms with Crippen LogP contribution in [0.15, 0.2) is 0 Å². The Bertz CT molecular complexity index is 426. The van der Waals surface area contributed by atoms with E-state index in [0.717, 1.165) is 29.6 Å². The highest BCUT2D eigenvalue weighted by atomic mass is 14.4. The first-order valence-electron chi connectivity index (χ1n) is 12.7. The third kappa shape index (κ3) is 6.51. The molecule has 0 bridgehead atoms. The van der Waals surface area contributed by atoms with Gasteiger partial charge in [0, 0.05) is 5.92 Å². The summed E-state index contributed by atoms with van der Waals surface area (Å²) in [7, 11) is 0. The number of hydrogen-bond donors (Lipinski definition) is 0. The Kier molecular flexibility index (Phi) is 9.02. The van der Waals surface area contributed by atoms with Gasteiger partial charge in [-0.15, -0.1) is 0 Å². The lowest BCUT2D eigenvalue weighted by atomic mass is 9.65. The van der Waals surface area contributed by atoms with Crippen LogP contribution in [0, 0.1) is 46.8 Å². The van der Waals surface area contributed by atoms with Gasteiger partial charge in [-0.05, 0) is 93.8 Å². The van der Waals surface area contributed by atoms with Crippen LogP contribution < -0.4 is 0 Å². The molecule has 154 valence electrons. The Morgan fingerprint density at radius 2 is 1.04 bits per heavy atom. The lowest BCUT2D eigenvalue weighted by molar-refractivity contribution is 0.107. The van der Waals surface area contributed by atoms with Crippen LogP contribution in [0.2, 0.25) is 0 Å². The molecule has 3 aliphatic rings. The van der Waals surface area contributed by atoms with Crippen molar-refractivity contribution in [3.63, 3.8) is 0 Å². The first kappa shape index (κ1) is 21.2. The van der Waals surface area contributed by atoms with Gasteiger partial charge in [0.25, 0.3) is 0 Å². The van der Waals surface area contributed by atoms with E-state index in [2.05, 4.69) is 13.0 Å². The van der Waals surface area contributed by atoms with Gasteiger partial charge >= 0.3 is 0 Å². The van der Waals surface area contributed by atoms with Crippen molar-refractivity contribution in [3.05, 3.63) is 0 Å². The number of nitriles is 1. The predicted molar refractivity (Wildman–Crippen MR) is 115 cm³/mol. The van der Waals surface area contributed by atoms with E-state index in [4.69, 9.17) is 5.26 Å². The van der Waals surface area contributed by atoms with E-state index in [0.29, 0.717) is 5.92 Å². The molecule has 0 heterocycles. The molecule has 0 aliphatic heterocycles. The molecule has 1 nitrogen and oxygen atoms in total. The zero-order valence-electron chi connectivity index (χ0n) is 18.1. The SMILES string of the molecule is CCCCCCC[C@H]1CC[C@H]([C@H]2CC[C@H]([C@H]3CC[C@@H](C#N)CC3)CC2)CC1. The molecule has 0 unspecified atom stereocenters. The second-order valence-electron chi connectivity index (χ2n) is 10.4. The Morgan fingerprint density at radius 1 is 0.593 bits per heavy atom. The quantitative estimate of drug-likeness (QED) is 0.394. The molecule has 0 aromatic heterocycles. The molecule has 0 atom stereocenters. The number of nitrogens with zero attached hydrogens (tertiary/aromatic N) is 1. The van der Waals surface area contributed by atoms with E-state index in [1.807, 2.05) is 0 Å². The third-order valence-corrected chi connectivity index (χ3v) is 8.71. The number of rotatable bonds is 8. The summed E-state index contributed by atoms with van der Waals surface area (Å²) in [6.07, 6.45) is 26.0. The Balaban J connectivity index is 1.29. The van der Waals surface area contributed by atoms with Crippen LogP contribution in [0.5, 0.6) is 0 Å². The lowest BCUT2D eigenvalue weighted by Gasteiger charge is -2.41. The maximum atomic E-state index is 9.12. The van der Waals surface area contributed by atoms with Gasteiger partial charge in [0.2, 0.25) is 0 Å². The van der Waals surface area contributed by atoms with Crippen molar-refractivity contribution >= 4 is 0 Å². The molecule has 0 amide bonds. The summed E-state index contributed by atoms with van der Waals surface area (Å²) < 4.78 is 0. The van der Waals surface area contributed by atoms with E-state index in [-0.39, 0.29) is 0 Å². The molecule has 3 fully saturated rings. The summed E-state index contributed by atoms with van der Waals surface area (Å²) in [4.78, 5) is 0. The average molecular weight is 372 g/mol. The van der Waals surface area contributed by atoms with Crippen LogP contribution >= 0.6 is 0 Å². The zero-order valence-corrected chi connectivity index (χ0v) is 18.1. The molecule has 27 heavy (non-hydrogen) atoms. The van der Waals surface area contributed by atoms with E-state index in [1.54, 1.807) is 12.8 Å². The van der Waals surface area contributed by atoms with Crippen molar-refractivity contribution in [2.24, 2.45) is 35.5 Å². The van der Waals surface area contributed by atoms with Gasteiger partial charge in [0.05, 0.1) is 6.07 Å². The average Bonchev–Trinajstić information content (AvgIpc) is 2.74. The first-order chi connectivity index (χ1) is 13.3. The second-order valence-corrected chi connectivity index (χ2v) is 10.4. The van der Waals surface area contributed by atoms with Crippen molar-refractivity contribution in [3.8, 4) is 6.07 Å². The molecular weight excluding hydrogens is 326 g/mol. The van der Waals surface area contributed by atoms with Gasteiger partial charge < -0.3 is 0 Å². The molecule has 0 radical (unpaired) electrons. The fraction of sp³-hybridized carbons (Fsp3) is 0.962. The molecule has 0 N–H and O–H groups in total. The summed E-state index contributed by atoms with van der Waals surface area (Å²) in [6.45, 7) is 2.31. The van der Waals surface area contributed by atoms with Crippen molar-refractivity contribution in [2.75, 3.05) is 0 Å². The first-order valence-corrected chi connectivity index (χ1v) is 12.7. The molecule has 0 saturated heterocycles.